The Labute approximate surface area is 85.1 Å². The molecule has 0 radical (unpaired) electrons. The lowest BCUT2D eigenvalue weighted by Gasteiger charge is -2.10. The monoisotopic (exact) mass is 189 g/mol. The molecule has 0 bridgehead atoms. The van der Waals surface area contributed by atoms with E-state index in [9.17, 15) is 0 Å². The largest absolute Gasteiger partial charge is 0.374 e. The summed E-state index contributed by atoms with van der Waals surface area (Å²) < 4.78 is 5.57. The van der Waals surface area contributed by atoms with Crippen LogP contribution in [0.3, 0.4) is 0 Å². The molecule has 0 aliphatic carbocycles. The van der Waals surface area contributed by atoms with E-state index < -0.39 is 0 Å². The van der Waals surface area contributed by atoms with Crippen LogP contribution in [-0.2, 0) is 11.3 Å². The smallest absolute Gasteiger partial charge is 0.0995 e. The number of benzene rings is 1. The Bertz CT molecular complexity index is 327. The average Bonchev–Trinajstić information content (AvgIpc) is 2.26. The van der Waals surface area contributed by atoms with Gasteiger partial charge in [-0.1, -0.05) is 25.1 Å². The molecule has 2 heteroatoms. The van der Waals surface area contributed by atoms with Gasteiger partial charge >= 0.3 is 0 Å². The van der Waals surface area contributed by atoms with Gasteiger partial charge in [0.2, 0.25) is 0 Å². The third-order valence-electron chi connectivity index (χ3n) is 2.24. The predicted octanol–water partition coefficient (Wildman–Crippen LogP) is 2.87. The molecule has 1 aromatic carbocycles. The molecule has 1 unspecified atom stereocenters. The topological polar surface area (TPSA) is 33.0 Å². The first kappa shape index (κ1) is 10.7. The summed E-state index contributed by atoms with van der Waals surface area (Å²) in [4.78, 5) is 0. The van der Waals surface area contributed by atoms with Gasteiger partial charge in [0.1, 0.15) is 0 Å². The summed E-state index contributed by atoms with van der Waals surface area (Å²) in [6.07, 6.45) is 1.25. The highest BCUT2D eigenvalue weighted by atomic mass is 16.5. The van der Waals surface area contributed by atoms with Gasteiger partial charge in [0.05, 0.1) is 24.3 Å². The highest BCUT2D eigenvalue weighted by Crippen LogP contribution is 2.10. The minimum absolute atomic E-state index is 0.252. The summed E-state index contributed by atoms with van der Waals surface area (Å²) in [7, 11) is 0. The summed E-state index contributed by atoms with van der Waals surface area (Å²) in [6, 6.07) is 9.70. The standard InChI is InChI=1S/C12H15NO/c1-3-10(2)14-9-12-7-5-4-6-11(12)8-13/h4-7,10H,3,9H2,1-2H3. The molecule has 2 nitrogen and oxygen atoms in total. The van der Waals surface area contributed by atoms with Crippen molar-refractivity contribution in [2.75, 3.05) is 0 Å². The second-order valence-corrected chi connectivity index (χ2v) is 3.30. The van der Waals surface area contributed by atoms with Crippen LogP contribution < -0.4 is 0 Å². The molecule has 0 N–H and O–H groups in total. The SMILES string of the molecule is CCC(C)OCc1ccccc1C#N. The van der Waals surface area contributed by atoms with E-state index in [1.165, 1.54) is 0 Å². The molecule has 0 saturated carbocycles. The molecule has 74 valence electrons. The van der Waals surface area contributed by atoms with Crippen LogP contribution >= 0.6 is 0 Å². The fourth-order valence-corrected chi connectivity index (χ4v) is 1.11. The first-order valence-corrected chi connectivity index (χ1v) is 4.87. The Kier molecular flexibility index (Phi) is 4.15. The van der Waals surface area contributed by atoms with Gasteiger partial charge in [-0.3, -0.25) is 0 Å². The fourth-order valence-electron chi connectivity index (χ4n) is 1.11. The first-order valence-electron chi connectivity index (χ1n) is 4.87. The third kappa shape index (κ3) is 2.86. The fraction of sp³-hybridized carbons (Fsp3) is 0.417. The second-order valence-electron chi connectivity index (χ2n) is 3.30. The molecule has 1 atom stereocenters. The zero-order valence-electron chi connectivity index (χ0n) is 8.66. The number of hydrogen-bond donors (Lipinski definition) is 0. The number of nitriles is 1. The molecule has 0 aliphatic heterocycles. The lowest BCUT2D eigenvalue weighted by molar-refractivity contribution is 0.0507. The maximum atomic E-state index is 8.84. The molecule has 0 aromatic heterocycles. The molecule has 0 heterocycles. The molecule has 14 heavy (non-hydrogen) atoms. The molecule has 1 rings (SSSR count). The molecule has 0 spiro atoms. The van der Waals surface area contributed by atoms with Gasteiger partial charge in [-0.05, 0) is 25.0 Å². The van der Waals surface area contributed by atoms with Crippen LogP contribution in [0.4, 0.5) is 0 Å². The van der Waals surface area contributed by atoms with E-state index in [4.69, 9.17) is 10.00 Å². The summed E-state index contributed by atoms with van der Waals surface area (Å²) in [5.41, 5.74) is 1.67. The van der Waals surface area contributed by atoms with Gasteiger partial charge in [0.25, 0.3) is 0 Å². The minimum atomic E-state index is 0.252. The zero-order valence-corrected chi connectivity index (χ0v) is 8.66. The molecule has 0 aliphatic rings. The summed E-state index contributed by atoms with van der Waals surface area (Å²) in [5.74, 6) is 0. The van der Waals surface area contributed by atoms with Crippen molar-refractivity contribution in [1.82, 2.24) is 0 Å². The Hall–Kier alpha value is -1.33. The second kappa shape index (κ2) is 5.41. The van der Waals surface area contributed by atoms with Crippen molar-refractivity contribution in [2.24, 2.45) is 0 Å². The van der Waals surface area contributed by atoms with Crippen molar-refractivity contribution >= 4 is 0 Å². The van der Waals surface area contributed by atoms with Gasteiger partial charge in [-0.2, -0.15) is 5.26 Å². The number of rotatable bonds is 4. The molecule has 0 fully saturated rings. The van der Waals surface area contributed by atoms with Crippen LogP contribution in [0.25, 0.3) is 0 Å². The van der Waals surface area contributed by atoms with E-state index in [1.807, 2.05) is 31.2 Å². The summed E-state index contributed by atoms with van der Waals surface area (Å²) in [5, 5.41) is 8.84. The Morgan fingerprint density at radius 2 is 2.14 bits per heavy atom. The van der Waals surface area contributed by atoms with Crippen LogP contribution in [-0.4, -0.2) is 6.10 Å². The highest BCUT2D eigenvalue weighted by Gasteiger charge is 2.03. The summed E-state index contributed by atoms with van der Waals surface area (Å²) >= 11 is 0. The third-order valence-corrected chi connectivity index (χ3v) is 2.24. The summed E-state index contributed by atoms with van der Waals surface area (Å²) in [6.45, 7) is 4.65. The zero-order chi connectivity index (χ0) is 10.4. The maximum Gasteiger partial charge on any atom is 0.0995 e. The number of nitrogens with zero attached hydrogens (tertiary/aromatic N) is 1. The van der Waals surface area contributed by atoms with Crippen LogP contribution in [0.5, 0.6) is 0 Å². The van der Waals surface area contributed by atoms with Crippen LogP contribution in [0.1, 0.15) is 31.4 Å². The Balaban J connectivity index is 2.63. The van der Waals surface area contributed by atoms with E-state index in [0.29, 0.717) is 12.2 Å². The van der Waals surface area contributed by atoms with Gasteiger partial charge in [0, 0.05) is 0 Å². The van der Waals surface area contributed by atoms with Gasteiger partial charge in [-0.15, -0.1) is 0 Å². The molecule has 1 aromatic rings. The van der Waals surface area contributed by atoms with Gasteiger partial charge < -0.3 is 4.74 Å². The van der Waals surface area contributed by atoms with Gasteiger partial charge in [0.15, 0.2) is 0 Å². The maximum absolute atomic E-state index is 8.84. The van der Waals surface area contributed by atoms with E-state index in [0.717, 1.165) is 12.0 Å². The van der Waals surface area contributed by atoms with Gasteiger partial charge in [-0.25, -0.2) is 0 Å². The number of hydrogen-bond acceptors (Lipinski definition) is 2. The molecule has 0 saturated heterocycles. The number of ether oxygens (including phenoxy) is 1. The minimum Gasteiger partial charge on any atom is -0.374 e. The Morgan fingerprint density at radius 3 is 2.79 bits per heavy atom. The van der Waals surface area contributed by atoms with Crippen LogP contribution in [0.2, 0.25) is 0 Å². The normalized spacial score (nSPS) is 12.1. The lowest BCUT2D eigenvalue weighted by atomic mass is 10.1. The lowest BCUT2D eigenvalue weighted by Crippen LogP contribution is -2.06. The molecular formula is C12H15NO. The molecular weight excluding hydrogens is 174 g/mol. The predicted molar refractivity (Wildman–Crippen MR) is 55.7 cm³/mol. The van der Waals surface area contributed by atoms with Crippen molar-refractivity contribution < 1.29 is 4.74 Å². The van der Waals surface area contributed by atoms with Crippen LogP contribution in [0.15, 0.2) is 24.3 Å². The van der Waals surface area contributed by atoms with E-state index in [-0.39, 0.29) is 6.10 Å². The van der Waals surface area contributed by atoms with E-state index in [2.05, 4.69) is 13.0 Å². The quantitative estimate of drug-likeness (QED) is 0.729. The van der Waals surface area contributed by atoms with E-state index >= 15 is 0 Å². The van der Waals surface area contributed by atoms with Crippen molar-refractivity contribution in [1.29, 1.82) is 5.26 Å². The van der Waals surface area contributed by atoms with E-state index in [1.54, 1.807) is 0 Å². The van der Waals surface area contributed by atoms with Crippen LogP contribution in [0, 0.1) is 11.3 Å². The first-order chi connectivity index (χ1) is 6.77. The van der Waals surface area contributed by atoms with Crippen molar-refractivity contribution in [3.05, 3.63) is 35.4 Å². The molecule has 0 amide bonds. The van der Waals surface area contributed by atoms with Crippen molar-refractivity contribution in [2.45, 2.75) is 33.0 Å². The highest BCUT2D eigenvalue weighted by molar-refractivity contribution is 5.36. The van der Waals surface area contributed by atoms with Crippen molar-refractivity contribution in [3.63, 3.8) is 0 Å². The Morgan fingerprint density at radius 1 is 1.43 bits per heavy atom. The van der Waals surface area contributed by atoms with Crippen molar-refractivity contribution in [3.8, 4) is 6.07 Å². The average molecular weight is 189 g/mol.